The van der Waals surface area contributed by atoms with Crippen LogP contribution in [-0.2, 0) is 4.79 Å². The van der Waals surface area contributed by atoms with Gasteiger partial charge in [-0.2, -0.15) is 11.8 Å². The third kappa shape index (κ3) is 6.24. The Labute approximate surface area is 98.4 Å². The quantitative estimate of drug-likeness (QED) is 0.653. The van der Waals surface area contributed by atoms with Gasteiger partial charge in [0.15, 0.2) is 0 Å². The maximum absolute atomic E-state index is 11.6. The largest absolute Gasteiger partial charge is 0.299 e. The molecule has 0 N–H and O–H groups in total. The van der Waals surface area contributed by atoms with Crippen LogP contribution in [0.3, 0.4) is 0 Å². The summed E-state index contributed by atoms with van der Waals surface area (Å²) in [6.07, 6.45) is 8.51. The SMILES string of the molecule is CC(C)CCCC(=O)CSC1CCCC1. The zero-order valence-electron chi connectivity index (χ0n) is 10.1. The molecule has 1 nitrogen and oxygen atoms in total. The van der Waals surface area contributed by atoms with E-state index in [2.05, 4.69) is 13.8 Å². The van der Waals surface area contributed by atoms with Crippen LogP contribution in [0.2, 0.25) is 0 Å². The molecule has 0 saturated heterocycles. The number of hydrogen-bond acceptors (Lipinski definition) is 2. The molecule has 0 aliphatic heterocycles. The lowest BCUT2D eigenvalue weighted by atomic mass is 10.1. The Kier molecular flexibility index (Phi) is 6.39. The summed E-state index contributed by atoms with van der Waals surface area (Å²) in [5.41, 5.74) is 0. The summed E-state index contributed by atoms with van der Waals surface area (Å²) in [5.74, 6) is 1.97. The molecule has 0 aromatic carbocycles. The van der Waals surface area contributed by atoms with Crippen LogP contribution in [0.4, 0.5) is 0 Å². The van der Waals surface area contributed by atoms with Crippen LogP contribution in [0, 0.1) is 5.92 Å². The van der Waals surface area contributed by atoms with Crippen LogP contribution in [0.15, 0.2) is 0 Å². The smallest absolute Gasteiger partial charge is 0.142 e. The number of rotatable bonds is 7. The minimum atomic E-state index is 0.465. The van der Waals surface area contributed by atoms with Gasteiger partial charge in [-0.15, -0.1) is 0 Å². The molecule has 0 atom stereocenters. The van der Waals surface area contributed by atoms with Crippen molar-refractivity contribution in [3.8, 4) is 0 Å². The molecule has 1 aliphatic carbocycles. The van der Waals surface area contributed by atoms with Gasteiger partial charge in [0.1, 0.15) is 5.78 Å². The van der Waals surface area contributed by atoms with Gasteiger partial charge in [-0.05, 0) is 25.2 Å². The molecular formula is C13H24OS. The summed E-state index contributed by atoms with van der Waals surface area (Å²) in [4.78, 5) is 11.6. The molecule has 15 heavy (non-hydrogen) atoms. The first-order chi connectivity index (χ1) is 7.18. The van der Waals surface area contributed by atoms with Crippen molar-refractivity contribution < 1.29 is 4.79 Å². The molecule has 2 heteroatoms. The molecule has 0 aromatic heterocycles. The van der Waals surface area contributed by atoms with Gasteiger partial charge in [0.25, 0.3) is 0 Å². The van der Waals surface area contributed by atoms with E-state index in [9.17, 15) is 4.79 Å². The lowest BCUT2D eigenvalue weighted by Crippen LogP contribution is -2.06. The summed E-state index contributed by atoms with van der Waals surface area (Å²) in [5, 5.41) is 0.791. The lowest BCUT2D eigenvalue weighted by molar-refractivity contribution is -0.116. The highest BCUT2D eigenvalue weighted by atomic mass is 32.2. The maximum atomic E-state index is 11.6. The van der Waals surface area contributed by atoms with Crippen LogP contribution in [0.5, 0.6) is 0 Å². The van der Waals surface area contributed by atoms with Crippen molar-refractivity contribution in [1.82, 2.24) is 0 Å². The van der Waals surface area contributed by atoms with Gasteiger partial charge >= 0.3 is 0 Å². The molecule has 1 fully saturated rings. The number of Topliss-reactive ketones (excluding diaryl/α,β-unsaturated/α-hetero) is 1. The first-order valence-corrected chi connectivity index (χ1v) is 7.36. The van der Waals surface area contributed by atoms with Crippen molar-refractivity contribution in [3.63, 3.8) is 0 Å². The van der Waals surface area contributed by atoms with Gasteiger partial charge in [0.2, 0.25) is 0 Å². The Morgan fingerprint density at radius 2 is 2.00 bits per heavy atom. The fourth-order valence-electron chi connectivity index (χ4n) is 2.05. The second kappa shape index (κ2) is 7.32. The third-order valence-corrected chi connectivity index (χ3v) is 4.45. The summed E-state index contributed by atoms with van der Waals surface area (Å²) >= 11 is 1.90. The number of hydrogen-bond donors (Lipinski definition) is 0. The van der Waals surface area contributed by atoms with Gasteiger partial charge in [-0.3, -0.25) is 4.79 Å². The molecule has 1 rings (SSSR count). The minimum absolute atomic E-state index is 0.465. The highest BCUT2D eigenvalue weighted by Crippen LogP contribution is 2.29. The van der Waals surface area contributed by atoms with Crippen molar-refractivity contribution in [2.24, 2.45) is 5.92 Å². The molecule has 0 spiro atoms. The minimum Gasteiger partial charge on any atom is -0.299 e. The Morgan fingerprint density at radius 1 is 1.33 bits per heavy atom. The fraction of sp³-hybridized carbons (Fsp3) is 0.923. The van der Waals surface area contributed by atoms with Crippen molar-refractivity contribution in [3.05, 3.63) is 0 Å². The van der Waals surface area contributed by atoms with E-state index in [-0.39, 0.29) is 0 Å². The van der Waals surface area contributed by atoms with E-state index >= 15 is 0 Å². The molecule has 88 valence electrons. The Bertz CT molecular complexity index is 183. The van der Waals surface area contributed by atoms with Gasteiger partial charge in [0.05, 0.1) is 5.75 Å². The van der Waals surface area contributed by atoms with Crippen molar-refractivity contribution in [1.29, 1.82) is 0 Å². The second-order valence-electron chi connectivity index (χ2n) is 5.04. The first-order valence-electron chi connectivity index (χ1n) is 6.32. The van der Waals surface area contributed by atoms with Crippen LogP contribution in [0.1, 0.15) is 58.8 Å². The predicted octanol–water partition coefficient (Wildman–Crippen LogP) is 4.06. The first kappa shape index (κ1) is 13.1. The second-order valence-corrected chi connectivity index (χ2v) is 6.33. The summed E-state index contributed by atoms with van der Waals surface area (Å²) in [7, 11) is 0. The van der Waals surface area contributed by atoms with Crippen molar-refractivity contribution in [2.75, 3.05) is 5.75 Å². The topological polar surface area (TPSA) is 17.1 Å². The van der Waals surface area contributed by atoms with Crippen molar-refractivity contribution >= 4 is 17.5 Å². The Hall–Kier alpha value is 0.0200. The average molecular weight is 228 g/mol. The van der Waals surface area contributed by atoms with E-state index in [1.807, 2.05) is 11.8 Å². The molecule has 1 aliphatic rings. The Balaban J connectivity index is 1.98. The average Bonchev–Trinajstić information content (AvgIpc) is 2.66. The maximum Gasteiger partial charge on any atom is 0.142 e. The zero-order valence-corrected chi connectivity index (χ0v) is 10.9. The molecule has 0 bridgehead atoms. The molecule has 0 radical (unpaired) electrons. The standard InChI is InChI=1S/C13H24OS/c1-11(2)6-5-7-12(14)10-15-13-8-3-4-9-13/h11,13H,3-10H2,1-2H3. The van der Waals surface area contributed by atoms with E-state index in [1.165, 1.54) is 32.1 Å². The summed E-state index contributed by atoms with van der Waals surface area (Å²) < 4.78 is 0. The number of thioether (sulfide) groups is 1. The van der Waals surface area contributed by atoms with Crippen LogP contribution < -0.4 is 0 Å². The van der Waals surface area contributed by atoms with Crippen molar-refractivity contribution in [2.45, 2.75) is 64.0 Å². The van der Waals surface area contributed by atoms with Gasteiger partial charge in [-0.1, -0.05) is 33.1 Å². The van der Waals surface area contributed by atoms with Gasteiger partial charge in [0, 0.05) is 11.7 Å². The van der Waals surface area contributed by atoms with E-state index < -0.39 is 0 Å². The van der Waals surface area contributed by atoms with Crippen LogP contribution >= 0.6 is 11.8 Å². The lowest BCUT2D eigenvalue weighted by Gasteiger charge is -2.08. The third-order valence-electron chi connectivity index (χ3n) is 3.02. The van der Waals surface area contributed by atoms with Crippen LogP contribution in [0.25, 0.3) is 0 Å². The van der Waals surface area contributed by atoms with Gasteiger partial charge in [-0.25, -0.2) is 0 Å². The van der Waals surface area contributed by atoms with Crippen LogP contribution in [-0.4, -0.2) is 16.8 Å². The van der Waals surface area contributed by atoms with E-state index in [0.717, 1.165) is 29.8 Å². The highest BCUT2D eigenvalue weighted by Gasteiger charge is 2.16. The molecule has 0 amide bonds. The fourth-order valence-corrected chi connectivity index (χ4v) is 3.28. The predicted molar refractivity (Wildman–Crippen MR) is 68.4 cm³/mol. The number of carbonyl (C=O) groups is 1. The summed E-state index contributed by atoms with van der Waals surface area (Å²) in [6.45, 7) is 4.44. The van der Waals surface area contributed by atoms with E-state index in [1.54, 1.807) is 0 Å². The monoisotopic (exact) mass is 228 g/mol. The summed E-state index contributed by atoms with van der Waals surface area (Å²) in [6, 6.07) is 0. The number of carbonyl (C=O) groups excluding carboxylic acids is 1. The molecule has 0 heterocycles. The Morgan fingerprint density at radius 3 is 2.60 bits per heavy atom. The number of ketones is 1. The van der Waals surface area contributed by atoms with E-state index in [0.29, 0.717) is 5.78 Å². The van der Waals surface area contributed by atoms with Gasteiger partial charge < -0.3 is 0 Å². The zero-order chi connectivity index (χ0) is 11.1. The highest BCUT2D eigenvalue weighted by molar-refractivity contribution is 8.00. The molecule has 1 saturated carbocycles. The molecule has 0 unspecified atom stereocenters. The molecular weight excluding hydrogens is 204 g/mol. The van der Waals surface area contributed by atoms with E-state index in [4.69, 9.17) is 0 Å². The normalized spacial score (nSPS) is 17.5. The molecule has 0 aromatic rings.